The smallest absolute Gasteiger partial charge is 0.137 e. The molecule has 1 unspecified atom stereocenters. The van der Waals surface area contributed by atoms with E-state index in [1.54, 1.807) is 6.20 Å². The zero-order valence-corrected chi connectivity index (χ0v) is 10.7. The average Bonchev–Trinajstić information content (AvgIpc) is 2.75. The Kier molecular flexibility index (Phi) is 5.53. The number of imidazole rings is 1. The van der Waals surface area contributed by atoms with Crippen molar-refractivity contribution in [3.05, 3.63) is 18.2 Å². The molecule has 3 heteroatoms. The van der Waals surface area contributed by atoms with Crippen LogP contribution in [-0.4, -0.2) is 14.7 Å². The minimum absolute atomic E-state index is 0.350. The zero-order chi connectivity index (χ0) is 12.0. The van der Waals surface area contributed by atoms with Gasteiger partial charge in [0.2, 0.25) is 0 Å². The lowest BCUT2D eigenvalue weighted by atomic mass is 9.92. The highest BCUT2D eigenvalue weighted by molar-refractivity contribution is 4.98. The van der Waals surface area contributed by atoms with E-state index in [0.29, 0.717) is 5.92 Å². The molecule has 0 fully saturated rings. The van der Waals surface area contributed by atoms with Crippen molar-refractivity contribution >= 4 is 0 Å². The number of hydrogen-bond donors (Lipinski definition) is 1. The van der Waals surface area contributed by atoms with E-state index in [9.17, 15) is 5.11 Å². The van der Waals surface area contributed by atoms with Crippen LogP contribution in [0.5, 0.6) is 0 Å². The summed E-state index contributed by atoms with van der Waals surface area (Å²) in [4.78, 5) is 4.29. The molecule has 1 aromatic rings. The maximum absolute atomic E-state index is 10.4. The van der Waals surface area contributed by atoms with Crippen molar-refractivity contribution in [3.63, 3.8) is 0 Å². The molecule has 0 aliphatic heterocycles. The van der Waals surface area contributed by atoms with Gasteiger partial charge in [0.1, 0.15) is 11.9 Å². The van der Waals surface area contributed by atoms with Gasteiger partial charge >= 0.3 is 0 Å². The first kappa shape index (κ1) is 13.2. The van der Waals surface area contributed by atoms with Gasteiger partial charge in [-0.15, -0.1) is 0 Å². The normalized spacial score (nSPS) is 13.3. The van der Waals surface area contributed by atoms with Crippen molar-refractivity contribution in [2.45, 2.75) is 59.1 Å². The summed E-state index contributed by atoms with van der Waals surface area (Å²) in [5.74, 6) is 1.18. The monoisotopic (exact) mass is 224 g/mol. The predicted molar refractivity (Wildman–Crippen MR) is 66.2 cm³/mol. The summed E-state index contributed by atoms with van der Waals surface area (Å²) >= 11 is 0. The quantitative estimate of drug-likeness (QED) is 0.772. The highest BCUT2D eigenvalue weighted by Crippen LogP contribution is 2.28. The molecule has 3 nitrogen and oxygen atoms in total. The molecule has 0 aliphatic rings. The number of aryl methyl sites for hydroxylation is 1. The largest absolute Gasteiger partial charge is 0.385 e. The van der Waals surface area contributed by atoms with Gasteiger partial charge in [0.05, 0.1) is 0 Å². The Bertz CT molecular complexity index is 290. The fourth-order valence-corrected chi connectivity index (χ4v) is 2.27. The van der Waals surface area contributed by atoms with Crippen molar-refractivity contribution in [1.82, 2.24) is 9.55 Å². The molecule has 0 aliphatic carbocycles. The molecular weight excluding hydrogens is 200 g/mol. The second-order valence-corrected chi connectivity index (χ2v) is 4.35. The second-order valence-electron chi connectivity index (χ2n) is 4.35. The van der Waals surface area contributed by atoms with Crippen LogP contribution in [0.15, 0.2) is 12.4 Å². The zero-order valence-electron chi connectivity index (χ0n) is 10.7. The number of rotatable bonds is 7. The minimum atomic E-state index is -0.408. The molecule has 0 saturated heterocycles. The van der Waals surface area contributed by atoms with E-state index >= 15 is 0 Å². The Balaban J connectivity index is 2.76. The predicted octanol–water partition coefficient (Wildman–Crippen LogP) is 3.15. The van der Waals surface area contributed by atoms with Crippen LogP contribution in [0.25, 0.3) is 0 Å². The average molecular weight is 224 g/mol. The third kappa shape index (κ3) is 3.08. The molecule has 0 amide bonds. The highest BCUT2D eigenvalue weighted by atomic mass is 16.3. The Morgan fingerprint density at radius 3 is 2.38 bits per heavy atom. The SMILES string of the molecule is CCCC(CCC)C(O)c1nccn1CC. The number of aliphatic hydroxyl groups excluding tert-OH is 1. The summed E-state index contributed by atoms with van der Waals surface area (Å²) in [7, 11) is 0. The number of aromatic nitrogens is 2. The van der Waals surface area contributed by atoms with E-state index in [-0.39, 0.29) is 0 Å². The summed E-state index contributed by atoms with van der Waals surface area (Å²) < 4.78 is 2.03. The minimum Gasteiger partial charge on any atom is -0.385 e. The first-order chi connectivity index (χ1) is 7.74. The van der Waals surface area contributed by atoms with Crippen LogP contribution in [0.4, 0.5) is 0 Å². The van der Waals surface area contributed by atoms with Crippen LogP contribution in [0.2, 0.25) is 0 Å². The van der Waals surface area contributed by atoms with E-state index in [1.807, 2.05) is 10.8 Å². The fraction of sp³-hybridized carbons (Fsp3) is 0.769. The van der Waals surface area contributed by atoms with Crippen LogP contribution in [0, 0.1) is 5.92 Å². The first-order valence-corrected chi connectivity index (χ1v) is 6.43. The molecule has 0 bridgehead atoms. The molecule has 0 aromatic carbocycles. The maximum atomic E-state index is 10.4. The van der Waals surface area contributed by atoms with Gasteiger partial charge in [0.25, 0.3) is 0 Å². The van der Waals surface area contributed by atoms with E-state index in [4.69, 9.17) is 0 Å². The molecule has 0 spiro atoms. The van der Waals surface area contributed by atoms with Gasteiger partial charge in [-0.3, -0.25) is 0 Å². The van der Waals surface area contributed by atoms with Gasteiger partial charge in [-0.25, -0.2) is 4.98 Å². The molecule has 1 aromatic heterocycles. The van der Waals surface area contributed by atoms with Gasteiger partial charge in [-0.1, -0.05) is 26.7 Å². The molecule has 92 valence electrons. The lowest BCUT2D eigenvalue weighted by Crippen LogP contribution is -2.17. The highest BCUT2D eigenvalue weighted by Gasteiger charge is 2.22. The number of nitrogens with zero attached hydrogens (tertiary/aromatic N) is 2. The van der Waals surface area contributed by atoms with Gasteiger partial charge in [0.15, 0.2) is 0 Å². The van der Waals surface area contributed by atoms with Gasteiger partial charge in [0, 0.05) is 18.9 Å². The van der Waals surface area contributed by atoms with Gasteiger partial charge in [-0.2, -0.15) is 0 Å². The molecule has 16 heavy (non-hydrogen) atoms. The van der Waals surface area contributed by atoms with Gasteiger partial charge < -0.3 is 9.67 Å². The Morgan fingerprint density at radius 1 is 1.25 bits per heavy atom. The number of aliphatic hydroxyl groups is 1. The summed E-state index contributed by atoms with van der Waals surface area (Å²) in [6.07, 6.45) is 7.69. The topological polar surface area (TPSA) is 38.1 Å². The van der Waals surface area contributed by atoms with Crippen molar-refractivity contribution in [2.24, 2.45) is 5.92 Å². The lowest BCUT2D eigenvalue weighted by Gasteiger charge is -2.22. The first-order valence-electron chi connectivity index (χ1n) is 6.43. The van der Waals surface area contributed by atoms with E-state index in [0.717, 1.165) is 38.1 Å². The van der Waals surface area contributed by atoms with Crippen molar-refractivity contribution in [3.8, 4) is 0 Å². The van der Waals surface area contributed by atoms with Crippen molar-refractivity contribution < 1.29 is 5.11 Å². The molecule has 1 N–H and O–H groups in total. The van der Waals surface area contributed by atoms with Crippen molar-refractivity contribution in [2.75, 3.05) is 0 Å². The van der Waals surface area contributed by atoms with Crippen LogP contribution in [-0.2, 0) is 6.54 Å². The Labute approximate surface area is 98.5 Å². The summed E-state index contributed by atoms with van der Waals surface area (Å²) in [6.45, 7) is 7.28. The van der Waals surface area contributed by atoms with Crippen molar-refractivity contribution in [1.29, 1.82) is 0 Å². The van der Waals surface area contributed by atoms with E-state index in [1.165, 1.54) is 0 Å². The third-order valence-corrected chi connectivity index (χ3v) is 3.12. The molecule has 0 saturated carbocycles. The van der Waals surface area contributed by atoms with Crippen LogP contribution in [0.1, 0.15) is 58.4 Å². The molecule has 1 atom stereocenters. The molecule has 0 radical (unpaired) electrons. The van der Waals surface area contributed by atoms with E-state index < -0.39 is 6.10 Å². The molecular formula is C13H24N2O. The van der Waals surface area contributed by atoms with Crippen LogP contribution in [0.3, 0.4) is 0 Å². The molecule has 1 heterocycles. The summed E-state index contributed by atoms with van der Waals surface area (Å²) in [6, 6.07) is 0. The maximum Gasteiger partial charge on any atom is 0.137 e. The Hall–Kier alpha value is -0.830. The lowest BCUT2D eigenvalue weighted by molar-refractivity contribution is 0.0849. The standard InChI is InChI=1S/C13H24N2O/c1-4-7-11(8-5-2)12(16)13-14-9-10-15(13)6-3/h9-12,16H,4-8H2,1-3H3. The van der Waals surface area contributed by atoms with Gasteiger partial charge in [-0.05, 0) is 25.7 Å². The second kappa shape index (κ2) is 6.69. The summed E-state index contributed by atoms with van der Waals surface area (Å²) in [5.41, 5.74) is 0. The molecule has 1 rings (SSSR count). The van der Waals surface area contributed by atoms with Crippen LogP contribution < -0.4 is 0 Å². The van der Waals surface area contributed by atoms with E-state index in [2.05, 4.69) is 25.8 Å². The van der Waals surface area contributed by atoms with Crippen LogP contribution >= 0.6 is 0 Å². The Morgan fingerprint density at radius 2 is 1.88 bits per heavy atom. The number of hydrogen-bond acceptors (Lipinski definition) is 2. The summed E-state index contributed by atoms with van der Waals surface area (Å²) in [5, 5.41) is 10.4. The third-order valence-electron chi connectivity index (χ3n) is 3.12. The fourth-order valence-electron chi connectivity index (χ4n) is 2.27.